The monoisotopic (exact) mass is 321 g/mol. The first-order chi connectivity index (χ1) is 11.6. The van der Waals surface area contributed by atoms with E-state index in [-0.39, 0.29) is 11.9 Å². The number of hydrogen-bond acceptors (Lipinski definition) is 3. The Morgan fingerprint density at radius 2 is 2.08 bits per heavy atom. The second-order valence-corrected chi connectivity index (χ2v) is 6.92. The molecule has 0 radical (unpaired) electrons. The van der Waals surface area contributed by atoms with Crippen LogP contribution in [0, 0.1) is 0 Å². The summed E-state index contributed by atoms with van der Waals surface area (Å²) in [6.07, 6.45) is 8.07. The summed E-state index contributed by atoms with van der Waals surface area (Å²) < 4.78 is 4.20. The van der Waals surface area contributed by atoms with Crippen LogP contribution < -0.4 is 0 Å². The standard InChI is InChI=1S/C18H19N5O/c1-11-18(24)21(2)9-15-16(20-17(23(11)15)12-3-4-12)13-5-6-14-7-19-10-22(14)8-13/h5-8,10-12H,3-4,9H2,1-2H3/t11-/m0/s1. The summed E-state index contributed by atoms with van der Waals surface area (Å²) in [6, 6.07) is 3.98. The molecule has 1 amide bonds. The molecule has 0 unspecified atom stereocenters. The summed E-state index contributed by atoms with van der Waals surface area (Å²) >= 11 is 0. The molecule has 122 valence electrons. The van der Waals surface area contributed by atoms with Crippen LogP contribution in [0.4, 0.5) is 0 Å². The van der Waals surface area contributed by atoms with Gasteiger partial charge in [0.25, 0.3) is 0 Å². The maximum atomic E-state index is 12.4. The van der Waals surface area contributed by atoms with Crippen molar-refractivity contribution in [1.29, 1.82) is 0 Å². The predicted octanol–water partition coefficient (Wildman–Crippen LogP) is 2.61. The van der Waals surface area contributed by atoms with Gasteiger partial charge >= 0.3 is 0 Å². The van der Waals surface area contributed by atoms with Crippen LogP contribution in [-0.2, 0) is 11.3 Å². The molecule has 1 fully saturated rings. The first kappa shape index (κ1) is 13.8. The number of imidazole rings is 2. The Balaban J connectivity index is 1.73. The highest BCUT2D eigenvalue weighted by molar-refractivity contribution is 5.82. The van der Waals surface area contributed by atoms with Gasteiger partial charge in [0.1, 0.15) is 11.9 Å². The number of rotatable bonds is 2. The smallest absolute Gasteiger partial charge is 0.245 e. The third-order valence-electron chi connectivity index (χ3n) is 5.17. The molecule has 3 aromatic heterocycles. The van der Waals surface area contributed by atoms with E-state index in [2.05, 4.69) is 27.9 Å². The van der Waals surface area contributed by atoms with Crippen molar-refractivity contribution in [3.63, 3.8) is 0 Å². The van der Waals surface area contributed by atoms with Gasteiger partial charge in [0, 0.05) is 24.7 Å². The fourth-order valence-corrected chi connectivity index (χ4v) is 3.72. The van der Waals surface area contributed by atoms with Crippen molar-refractivity contribution in [2.24, 2.45) is 0 Å². The number of likely N-dealkylation sites (N-methyl/N-ethyl adjacent to an activating group) is 1. The lowest BCUT2D eigenvalue weighted by atomic mass is 10.1. The van der Waals surface area contributed by atoms with Crippen molar-refractivity contribution in [2.45, 2.75) is 38.3 Å². The van der Waals surface area contributed by atoms with Gasteiger partial charge < -0.3 is 13.9 Å². The maximum Gasteiger partial charge on any atom is 0.245 e. The highest BCUT2D eigenvalue weighted by atomic mass is 16.2. The predicted molar refractivity (Wildman–Crippen MR) is 89.6 cm³/mol. The van der Waals surface area contributed by atoms with Gasteiger partial charge in [-0.05, 0) is 31.9 Å². The van der Waals surface area contributed by atoms with Crippen LogP contribution in [0.1, 0.15) is 43.2 Å². The zero-order chi connectivity index (χ0) is 16.4. The second kappa shape index (κ2) is 4.69. The zero-order valence-corrected chi connectivity index (χ0v) is 13.8. The van der Waals surface area contributed by atoms with Crippen molar-refractivity contribution >= 4 is 11.4 Å². The van der Waals surface area contributed by atoms with E-state index in [4.69, 9.17) is 4.98 Å². The van der Waals surface area contributed by atoms with Gasteiger partial charge in [-0.25, -0.2) is 9.97 Å². The van der Waals surface area contributed by atoms with Crippen molar-refractivity contribution in [3.8, 4) is 11.3 Å². The molecule has 3 aromatic rings. The molecule has 6 heteroatoms. The van der Waals surface area contributed by atoms with Crippen molar-refractivity contribution < 1.29 is 4.79 Å². The summed E-state index contributed by atoms with van der Waals surface area (Å²) in [4.78, 5) is 23.4. The summed E-state index contributed by atoms with van der Waals surface area (Å²) in [5.41, 5.74) is 4.28. The number of amides is 1. The molecule has 0 spiro atoms. The van der Waals surface area contributed by atoms with E-state index in [0.717, 1.165) is 28.3 Å². The van der Waals surface area contributed by atoms with Crippen LogP contribution in [0.5, 0.6) is 0 Å². The minimum absolute atomic E-state index is 0.165. The van der Waals surface area contributed by atoms with Gasteiger partial charge in [-0.1, -0.05) is 0 Å². The van der Waals surface area contributed by atoms with E-state index in [0.29, 0.717) is 12.5 Å². The molecule has 1 aliphatic carbocycles. The number of carbonyl (C=O) groups excluding carboxylic acids is 1. The Kier molecular flexibility index (Phi) is 2.69. The zero-order valence-electron chi connectivity index (χ0n) is 13.8. The largest absolute Gasteiger partial charge is 0.338 e. The Morgan fingerprint density at radius 3 is 2.88 bits per heavy atom. The average molecular weight is 321 g/mol. The minimum atomic E-state index is -0.174. The van der Waals surface area contributed by atoms with Gasteiger partial charge in [0.2, 0.25) is 5.91 Å². The summed E-state index contributed by atoms with van der Waals surface area (Å²) in [5, 5.41) is 0. The number of aromatic nitrogens is 4. The summed E-state index contributed by atoms with van der Waals surface area (Å²) in [5.74, 6) is 1.76. The maximum absolute atomic E-state index is 12.4. The number of fused-ring (bicyclic) bond motifs is 2. The molecular weight excluding hydrogens is 302 g/mol. The van der Waals surface area contributed by atoms with Crippen molar-refractivity contribution in [2.75, 3.05) is 7.05 Å². The Morgan fingerprint density at radius 1 is 1.25 bits per heavy atom. The van der Waals surface area contributed by atoms with Crippen molar-refractivity contribution in [1.82, 2.24) is 23.8 Å². The van der Waals surface area contributed by atoms with Gasteiger partial charge in [-0.15, -0.1) is 0 Å². The lowest BCUT2D eigenvalue weighted by molar-refractivity contribution is -0.135. The molecule has 2 aliphatic rings. The third-order valence-corrected chi connectivity index (χ3v) is 5.17. The molecule has 4 heterocycles. The third kappa shape index (κ3) is 1.85. The lowest BCUT2D eigenvalue weighted by Crippen LogP contribution is -2.39. The lowest BCUT2D eigenvalue weighted by Gasteiger charge is -2.31. The first-order valence-electron chi connectivity index (χ1n) is 8.41. The minimum Gasteiger partial charge on any atom is -0.338 e. The van der Waals surface area contributed by atoms with E-state index >= 15 is 0 Å². The highest BCUT2D eigenvalue weighted by Crippen LogP contribution is 2.44. The molecular formula is C18H19N5O. The Labute approximate surface area is 139 Å². The van der Waals surface area contributed by atoms with Crippen LogP contribution in [0.2, 0.25) is 0 Å². The molecule has 1 saturated carbocycles. The van der Waals surface area contributed by atoms with E-state index in [9.17, 15) is 4.79 Å². The van der Waals surface area contributed by atoms with Crippen LogP contribution >= 0.6 is 0 Å². The number of nitrogens with zero attached hydrogens (tertiary/aromatic N) is 5. The normalized spacial score (nSPS) is 20.7. The Bertz CT molecular complexity index is 965. The molecule has 0 aromatic carbocycles. The molecule has 1 aliphatic heterocycles. The molecule has 0 N–H and O–H groups in total. The summed E-state index contributed by atoms with van der Waals surface area (Å²) in [7, 11) is 1.87. The van der Waals surface area contributed by atoms with Crippen molar-refractivity contribution in [3.05, 3.63) is 42.4 Å². The van der Waals surface area contributed by atoms with Gasteiger partial charge in [-0.3, -0.25) is 4.79 Å². The van der Waals surface area contributed by atoms with Gasteiger partial charge in [0.05, 0.1) is 36.0 Å². The van der Waals surface area contributed by atoms with Crippen LogP contribution in [0.3, 0.4) is 0 Å². The first-order valence-corrected chi connectivity index (χ1v) is 8.41. The number of pyridine rings is 1. The van der Waals surface area contributed by atoms with E-state index < -0.39 is 0 Å². The molecule has 0 saturated heterocycles. The average Bonchev–Trinajstić information content (AvgIpc) is 3.19. The van der Waals surface area contributed by atoms with Crippen LogP contribution in [0.15, 0.2) is 30.9 Å². The molecule has 0 bridgehead atoms. The van der Waals surface area contributed by atoms with Gasteiger partial charge in [-0.2, -0.15) is 0 Å². The number of carbonyl (C=O) groups is 1. The quantitative estimate of drug-likeness (QED) is 0.729. The molecule has 1 atom stereocenters. The van der Waals surface area contributed by atoms with Crippen LogP contribution in [0.25, 0.3) is 16.8 Å². The fraction of sp³-hybridized carbons (Fsp3) is 0.389. The SMILES string of the molecule is C[C@H]1C(=O)N(C)Cc2c(-c3ccc4cncn4c3)nc(C3CC3)n21. The molecule has 5 rings (SSSR count). The number of hydrogen-bond donors (Lipinski definition) is 0. The van der Waals surface area contributed by atoms with E-state index in [1.165, 1.54) is 12.8 Å². The Hall–Kier alpha value is -2.63. The van der Waals surface area contributed by atoms with Gasteiger partial charge in [0.15, 0.2) is 0 Å². The fourth-order valence-electron chi connectivity index (χ4n) is 3.72. The van der Waals surface area contributed by atoms with E-state index in [1.807, 2.05) is 24.6 Å². The molecule has 6 nitrogen and oxygen atoms in total. The topological polar surface area (TPSA) is 55.4 Å². The van der Waals surface area contributed by atoms with Crippen LogP contribution in [-0.4, -0.2) is 36.8 Å². The molecule has 24 heavy (non-hydrogen) atoms. The highest BCUT2D eigenvalue weighted by Gasteiger charge is 2.38. The second-order valence-electron chi connectivity index (χ2n) is 6.92. The van der Waals surface area contributed by atoms with E-state index in [1.54, 1.807) is 11.2 Å². The summed E-state index contributed by atoms with van der Waals surface area (Å²) in [6.45, 7) is 2.60.